The molecule has 0 spiro atoms. The van der Waals surface area contributed by atoms with E-state index in [1.54, 1.807) is 6.08 Å². The molecule has 1 rings (SSSR count). The summed E-state index contributed by atoms with van der Waals surface area (Å²) >= 11 is 0. The Hall–Kier alpha value is -2.38. The van der Waals surface area contributed by atoms with Crippen molar-refractivity contribution < 1.29 is 49.3 Å². The van der Waals surface area contributed by atoms with Gasteiger partial charge in [-0.1, -0.05) is 242 Å². The summed E-state index contributed by atoms with van der Waals surface area (Å²) in [5.74, 6) is -0.245. The zero-order valence-electron chi connectivity index (χ0n) is 48.3. The van der Waals surface area contributed by atoms with Crippen molar-refractivity contribution in [2.45, 2.75) is 326 Å². The smallest absolute Gasteiger partial charge is 0.305 e. The maximum Gasteiger partial charge on any atom is 0.305 e. The third-order valence-corrected chi connectivity index (χ3v) is 14.7. The first-order valence-electron chi connectivity index (χ1n) is 31.4. The van der Waals surface area contributed by atoms with Crippen molar-refractivity contribution >= 4 is 11.9 Å². The van der Waals surface area contributed by atoms with Crippen molar-refractivity contribution in [3.8, 4) is 0 Å². The van der Waals surface area contributed by atoms with Gasteiger partial charge in [-0.25, -0.2) is 0 Å². The number of carbonyl (C=O) groups is 2. The number of aliphatic hydroxyl groups is 5. The summed E-state index contributed by atoms with van der Waals surface area (Å²) in [5.41, 5.74) is 0. The van der Waals surface area contributed by atoms with E-state index in [4.69, 9.17) is 14.2 Å². The van der Waals surface area contributed by atoms with E-state index in [1.807, 2.05) is 6.08 Å². The molecule has 0 saturated carbocycles. The summed E-state index contributed by atoms with van der Waals surface area (Å²) in [6.07, 6.45) is 57.8. The van der Waals surface area contributed by atoms with E-state index in [-0.39, 0.29) is 18.5 Å². The number of ether oxygens (including phenoxy) is 3. The molecular formula is C64H117NO10. The van der Waals surface area contributed by atoms with Crippen LogP contribution in [0.25, 0.3) is 0 Å². The standard InChI is InChI=1S/C64H117NO10/c1-3-5-7-9-11-13-15-17-27-30-34-38-42-46-50-57(67)56(55-74-64-63(72)62(71)61(70)58(54-66)75-64)65-59(68)51-47-43-39-35-31-28-25-23-21-19-18-20-22-24-26-29-33-37-41-45-49-53-73-60(69)52-48-44-40-36-32-16-14-12-10-8-6-4-2/h12,14,29,33,41,45-46,50,56-58,61-64,66-67,70-72H,3-11,13,15-28,30-32,34-40,42-44,47-49,51-55H2,1-2H3,(H,65,68)/b14-12-,33-29-,45-41-,50-46+. The molecule has 1 aliphatic heterocycles. The Bertz CT molecular complexity index is 1390. The largest absolute Gasteiger partial charge is 0.465 e. The van der Waals surface area contributed by atoms with Gasteiger partial charge in [-0.15, -0.1) is 0 Å². The van der Waals surface area contributed by atoms with Crippen LogP contribution in [-0.4, -0.2) is 100 Å². The average molecular weight is 1060 g/mol. The molecule has 0 aliphatic carbocycles. The van der Waals surface area contributed by atoms with E-state index in [9.17, 15) is 35.1 Å². The molecule has 0 aromatic rings. The van der Waals surface area contributed by atoms with E-state index in [0.29, 0.717) is 19.4 Å². The third kappa shape index (κ3) is 43.2. The number of allylic oxidation sites excluding steroid dienone is 6. The Morgan fingerprint density at radius 2 is 0.893 bits per heavy atom. The molecule has 0 bridgehead atoms. The molecular weight excluding hydrogens is 943 g/mol. The lowest BCUT2D eigenvalue weighted by Gasteiger charge is -2.40. The second kappa shape index (κ2) is 53.6. The molecule has 0 aromatic carbocycles. The second-order valence-corrected chi connectivity index (χ2v) is 21.8. The number of esters is 1. The summed E-state index contributed by atoms with van der Waals surface area (Å²) in [7, 11) is 0. The van der Waals surface area contributed by atoms with Crippen LogP contribution in [0.3, 0.4) is 0 Å². The Labute approximate surface area is 459 Å². The highest BCUT2D eigenvalue weighted by Crippen LogP contribution is 2.23. The van der Waals surface area contributed by atoms with Crippen molar-refractivity contribution in [2.75, 3.05) is 19.8 Å². The highest BCUT2D eigenvalue weighted by Gasteiger charge is 2.44. The molecule has 1 heterocycles. The number of nitrogens with one attached hydrogen (secondary N) is 1. The minimum atomic E-state index is -1.57. The Morgan fingerprint density at radius 3 is 1.39 bits per heavy atom. The van der Waals surface area contributed by atoms with Gasteiger partial charge in [0.05, 0.1) is 32.0 Å². The monoisotopic (exact) mass is 1060 g/mol. The first-order valence-corrected chi connectivity index (χ1v) is 31.4. The Balaban J connectivity index is 2.10. The van der Waals surface area contributed by atoms with Crippen LogP contribution < -0.4 is 5.32 Å². The van der Waals surface area contributed by atoms with E-state index < -0.39 is 49.5 Å². The minimum absolute atomic E-state index is 0.0587. The summed E-state index contributed by atoms with van der Waals surface area (Å²) in [4.78, 5) is 25.1. The quantitative estimate of drug-likeness (QED) is 0.0195. The van der Waals surface area contributed by atoms with Gasteiger partial charge < -0.3 is 45.1 Å². The number of carbonyl (C=O) groups excluding carboxylic acids is 2. The molecule has 1 aliphatic rings. The number of hydrogen-bond acceptors (Lipinski definition) is 10. The first kappa shape index (κ1) is 70.6. The average Bonchev–Trinajstić information content (AvgIpc) is 3.41. The number of amides is 1. The second-order valence-electron chi connectivity index (χ2n) is 21.8. The molecule has 0 aromatic heterocycles. The van der Waals surface area contributed by atoms with Crippen LogP contribution in [0.2, 0.25) is 0 Å². The third-order valence-electron chi connectivity index (χ3n) is 14.7. The van der Waals surface area contributed by atoms with Crippen molar-refractivity contribution in [1.82, 2.24) is 5.32 Å². The lowest BCUT2D eigenvalue weighted by atomic mass is 9.99. The van der Waals surface area contributed by atoms with Crippen molar-refractivity contribution in [3.05, 3.63) is 48.6 Å². The van der Waals surface area contributed by atoms with Gasteiger partial charge in [-0.3, -0.25) is 9.59 Å². The van der Waals surface area contributed by atoms with Crippen LogP contribution in [0.5, 0.6) is 0 Å². The molecule has 11 heteroatoms. The molecule has 0 radical (unpaired) electrons. The minimum Gasteiger partial charge on any atom is -0.465 e. The lowest BCUT2D eigenvalue weighted by Crippen LogP contribution is -2.60. The fraction of sp³-hybridized carbons (Fsp3) is 0.844. The number of unbranched alkanes of at least 4 members (excludes halogenated alkanes) is 34. The van der Waals surface area contributed by atoms with Crippen LogP contribution in [0.15, 0.2) is 48.6 Å². The summed E-state index contributed by atoms with van der Waals surface area (Å²) in [6, 6.07) is -0.815. The first-order chi connectivity index (χ1) is 36.7. The SMILES string of the molecule is CCCCC/C=C\CCCCCCCC(=O)OCC/C=C\C/C=C\CCCCCCCCCCCCCCCCC(=O)NC(COC1OC(CO)C(O)C(O)C1O)C(O)/C=C/CCCCCCCCCCCCCC. The van der Waals surface area contributed by atoms with Crippen LogP contribution in [-0.2, 0) is 23.8 Å². The van der Waals surface area contributed by atoms with Gasteiger partial charge in [0.2, 0.25) is 5.91 Å². The van der Waals surface area contributed by atoms with Gasteiger partial charge in [0.25, 0.3) is 0 Å². The molecule has 438 valence electrons. The van der Waals surface area contributed by atoms with Crippen molar-refractivity contribution in [2.24, 2.45) is 0 Å². The Morgan fingerprint density at radius 1 is 0.493 bits per heavy atom. The Kier molecular flexibility index (Phi) is 50.5. The molecule has 1 saturated heterocycles. The molecule has 11 nitrogen and oxygen atoms in total. The molecule has 1 fully saturated rings. The number of rotatable bonds is 54. The van der Waals surface area contributed by atoms with Gasteiger partial charge in [-0.05, 0) is 77.0 Å². The number of hydrogen-bond donors (Lipinski definition) is 6. The van der Waals surface area contributed by atoms with Crippen molar-refractivity contribution in [1.29, 1.82) is 0 Å². The maximum absolute atomic E-state index is 13.1. The van der Waals surface area contributed by atoms with Crippen LogP contribution in [0.4, 0.5) is 0 Å². The number of aliphatic hydroxyl groups excluding tert-OH is 5. The molecule has 1 amide bonds. The van der Waals surface area contributed by atoms with E-state index >= 15 is 0 Å². The fourth-order valence-electron chi connectivity index (χ4n) is 9.68. The predicted octanol–water partition coefficient (Wildman–Crippen LogP) is 14.8. The lowest BCUT2D eigenvalue weighted by molar-refractivity contribution is -0.302. The highest BCUT2D eigenvalue weighted by molar-refractivity contribution is 5.76. The zero-order valence-corrected chi connectivity index (χ0v) is 48.3. The molecule has 7 atom stereocenters. The van der Waals surface area contributed by atoms with Crippen LogP contribution in [0, 0.1) is 0 Å². The summed E-state index contributed by atoms with van der Waals surface area (Å²) in [5, 5.41) is 54.5. The molecule has 6 N–H and O–H groups in total. The van der Waals surface area contributed by atoms with Gasteiger partial charge in [0, 0.05) is 12.8 Å². The van der Waals surface area contributed by atoms with Crippen LogP contribution >= 0.6 is 0 Å². The zero-order chi connectivity index (χ0) is 54.5. The van der Waals surface area contributed by atoms with E-state index in [1.165, 1.54) is 186 Å². The fourth-order valence-corrected chi connectivity index (χ4v) is 9.68. The van der Waals surface area contributed by atoms with Gasteiger partial charge >= 0.3 is 5.97 Å². The van der Waals surface area contributed by atoms with E-state index in [0.717, 1.165) is 70.6 Å². The topological polar surface area (TPSA) is 175 Å². The van der Waals surface area contributed by atoms with Gasteiger partial charge in [0.15, 0.2) is 6.29 Å². The van der Waals surface area contributed by atoms with Gasteiger partial charge in [-0.2, -0.15) is 0 Å². The van der Waals surface area contributed by atoms with Crippen LogP contribution in [0.1, 0.15) is 284 Å². The summed E-state index contributed by atoms with van der Waals surface area (Å²) in [6.45, 7) is 4.21. The van der Waals surface area contributed by atoms with Crippen molar-refractivity contribution in [3.63, 3.8) is 0 Å². The van der Waals surface area contributed by atoms with E-state index in [2.05, 4.69) is 55.6 Å². The maximum atomic E-state index is 13.1. The molecule has 7 unspecified atom stereocenters. The highest BCUT2D eigenvalue weighted by atomic mass is 16.7. The summed E-state index contributed by atoms with van der Waals surface area (Å²) < 4.78 is 16.7. The predicted molar refractivity (Wildman–Crippen MR) is 310 cm³/mol. The van der Waals surface area contributed by atoms with Gasteiger partial charge in [0.1, 0.15) is 24.4 Å². The normalized spacial score (nSPS) is 19.1. The molecule has 75 heavy (non-hydrogen) atoms.